The van der Waals surface area contributed by atoms with Gasteiger partial charge in [0.15, 0.2) is 0 Å². The number of esters is 2. The molecular formula is C29H42O4. The second-order valence-electron chi connectivity index (χ2n) is 13.0. The minimum atomic E-state index is -0.357. The number of carbonyl (C=O) groups is 2. The van der Waals surface area contributed by atoms with Gasteiger partial charge in [-0.15, -0.1) is 0 Å². The molecule has 8 aliphatic carbocycles. The number of hydrogen-bond acceptors (Lipinski definition) is 4. The topological polar surface area (TPSA) is 52.6 Å². The van der Waals surface area contributed by atoms with Crippen molar-refractivity contribution in [1.29, 1.82) is 0 Å². The molecular weight excluding hydrogens is 412 g/mol. The molecule has 0 radical (unpaired) electrons. The summed E-state index contributed by atoms with van der Waals surface area (Å²) in [7, 11) is 0. The fraction of sp³-hybridized carbons (Fsp3) is 0.862. The Bertz CT molecular complexity index is 817. The molecule has 8 aliphatic rings. The summed E-state index contributed by atoms with van der Waals surface area (Å²) in [5.74, 6) is 4.58. The van der Waals surface area contributed by atoms with Gasteiger partial charge in [-0.25, -0.2) is 4.79 Å². The van der Waals surface area contributed by atoms with Gasteiger partial charge >= 0.3 is 11.9 Å². The summed E-state index contributed by atoms with van der Waals surface area (Å²) in [5.41, 5.74) is -0.332. The summed E-state index contributed by atoms with van der Waals surface area (Å²) in [4.78, 5) is 26.3. The largest absolute Gasteiger partial charge is 0.458 e. The van der Waals surface area contributed by atoms with Crippen LogP contribution in [-0.4, -0.2) is 23.1 Å². The van der Waals surface area contributed by atoms with E-state index in [4.69, 9.17) is 9.47 Å². The maximum absolute atomic E-state index is 13.2. The van der Waals surface area contributed by atoms with E-state index in [-0.39, 0.29) is 35.1 Å². The molecule has 8 saturated carbocycles. The first-order valence-electron chi connectivity index (χ1n) is 14.0. The Morgan fingerprint density at radius 1 is 0.727 bits per heavy atom. The normalized spacial score (nSPS) is 48.7. The Balaban J connectivity index is 1.11. The lowest BCUT2D eigenvalue weighted by molar-refractivity contribution is -0.211. The van der Waals surface area contributed by atoms with Gasteiger partial charge in [0, 0.05) is 17.4 Å². The van der Waals surface area contributed by atoms with Gasteiger partial charge in [0.2, 0.25) is 0 Å². The molecule has 33 heavy (non-hydrogen) atoms. The highest BCUT2D eigenvalue weighted by Crippen LogP contribution is 2.62. The molecule has 0 aromatic carbocycles. The fourth-order valence-corrected chi connectivity index (χ4v) is 10.6. The smallest absolute Gasteiger partial charge is 0.334 e. The van der Waals surface area contributed by atoms with Crippen molar-refractivity contribution in [2.45, 2.75) is 109 Å². The first-order chi connectivity index (χ1) is 15.8. The van der Waals surface area contributed by atoms with Crippen molar-refractivity contribution >= 4 is 11.9 Å². The van der Waals surface area contributed by atoms with Gasteiger partial charge in [0.05, 0.1) is 6.42 Å². The minimum Gasteiger partial charge on any atom is -0.458 e. The predicted molar refractivity (Wildman–Crippen MR) is 126 cm³/mol. The number of ether oxygens (including phenoxy) is 2. The summed E-state index contributed by atoms with van der Waals surface area (Å²) in [6.07, 6.45) is 14.0. The quantitative estimate of drug-likeness (QED) is 0.338. The summed E-state index contributed by atoms with van der Waals surface area (Å²) in [6, 6.07) is 0. The zero-order valence-corrected chi connectivity index (χ0v) is 20.7. The third kappa shape index (κ3) is 3.52. The van der Waals surface area contributed by atoms with Crippen molar-refractivity contribution in [1.82, 2.24) is 0 Å². The van der Waals surface area contributed by atoms with Gasteiger partial charge in [0.25, 0.3) is 0 Å². The van der Waals surface area contributed by atoms with Crippen LogP contribution in [0, 0.1) is 47.3 Å². The molecule has 0 amide bonds. The highest BCUT2D eigenvalue weighted by Gasteiger charge is 2.60. The average Bonchev–Trinajstić information content (AvgIpc) is 2.72. The van der Waals surface area contributed by atoms with Crippen molar-refractivity contribution in [2.24, 2.45) is 47.3 Å². The summed E-state index contributed by atoms with van der Waals surface area (Å²) in [6.45, 7) is 8.49. The molecule has 0 N–H and O–H groups in total. The zero-order valence-electron chi connectivity index (χ0n) is 20.7. The van der Waals surface area contributed by atoms with Gasteiger partial charge in [-0.05, 0) is 113 Å². The van der Waals surface area contributed by atoms with Crippen molar-refractivity contribution in [2.75, 3.05) is 0 Å². The van der Waals surface area contributed by atoms with Crippen LogP contribution in [0.2, 0.25) is 0 Å². The standard InChI is InChI=1S/C29H42O4/c1-4-24-22-9-18-7-19(10-22)14-28(24,13-18)32-26(30)6-17(3)27(31)33-29-15-20-8-21(16-29)12-23(11-20)25(29)5-2/h18-25H,3-16H2,1-2H3. The molecule has 0 aromatic rings. The SMILES string of the molecule is C=C(CC(=O)OC12CC3CC(CC(C3)C1CC)C2)C(=O)OC12CC3CC(CC(C3)C1CC)C2. The first kappa shape index (κ1) is 22.2. The van der Waals surface area contributed by atoms with E-state index in [1.807, 2.05) is 0 Å². The van der Waals surface area contributed by atoms with E-state index in [1.165, 1.54) is 38.5 Å². The molecule has 0 aromatic heterocycles. The highest BCUT2D eigenvalue weighted by molar-refractivity contribution is 5.93. The van der Waals surface area contributed by atoms with Gasteiger partial charge in [0.1, 0.15) is 11.2 Å². The third-order valence-corrected chi connectivity index (χ3v) is 11.0. The molecule has 8 rings (SSSR count). The first-order valence-corrected chi connectivity index (χ1v) is 14.0. The van der Waals surface area contributed by atoms with Gasteiger partial charge in [-0.2, -0.15) is 0 Å². The molecule has 0 spiro atoms. The molecule has 6 unspecified atom stereocenters. The van der Waals surface area contributed by atoms with E-state index in [1.54, 1.807) is 0 Å². The van der Waals surface area contributed by atoms with Crippen LogP contribution in [-0.2, 0) is 19.1 Å². The van der Waals surface area contributed by atoms with Crippen LogP contribution >= 0.6 is 0 Å². The lowest BCUT2D eigenvalue weighted by Gasteiger charge is -2.60. The molecule has 182 valence electrons. The lowest BCUT2D eigenvalue weighted by Crippen LogP contribution is -2.59. The van der Waals surface area contributed by atoms with Crippen molar-refractivity contribution in [3.8, 4) is 0 Å². The molecule has 0 aliphatic heterocycles. The van der Waals surface area contributed by atoms with Crippen molar-refractivity contribution in [3.63, 3.8) is 0 Å². The number of rotatable bonds is 7. The van der Waals surface area contributed by atoms with Crippen LogP contribution in [0.1, 0.15) is 97.3 Å². The van der Waals surface area contributed by atoms with Gasteiger partial charge < -0.3 is 9.47 Å². The Morgan fingerprint density at radius 3 is 1.58 bits per heavy atom. The van der Waals surface area contributed by atoms with Crippen LogP contribution in [0.15, 0.2) is 12.2 Å². The molecule has 0 heterocycles. The van der Waals surface area contributed by atoms with E-state index < -0.39 is 0 Å². The molecule has 4 nitrogen and oxygen atoms in total. The Hall–Kier alpha value is -1.32. The third-order valence-electron chi connectivity index (χ3n) is 11.0. The van der Waals surface area contributed by atoms with Crippen LogP contribution in [0.25, 0.3) is 0 Å². The van der Waals surface area contributed by atoms with E-state index in [0.29, 0.717) is 47.3 Å². The lowest BCUT2D eigenvalue weighted by atomic mass is 9.49. The number of carbonyl (C=O) groups excluding carboxylic acids is 2. The second kappa shape index (κ2) is 7.85. The maximum atomic E-state index is 13.2. The Kier molecular flexibility index (Phi) is 5.27. The Labute approximate surface area is 199 Å². The number of hydrogen-bond donors (Lipinski definition) is 0. The van der Waals surface area contributed by atoms with Gasteiger partial charge in [-0.3, -0.25) is 4.79 Å². The molecule has 4 heteroatoms. The maximum Gasteiger partial charge on any atom is 0.334 e. The second-order valence-corrected chi connectivity index (χ2v) is 13.0. The summed E-state index contributed by atoms with van der Waals surface area (Å²) < 4.78 is 12.6. The zero-order chi connectivity index (χ0) is 23.0. The summed E-state index contributed by atoms with van der Waals surface area (Å²) >= 11 is 0. The summed E-state index contributed by atoms with van der Waals surface area (Å²) in [5, 5.41) is 0. The molecule has 6 atom stereocenters. The van der Waals surface area contributed by atoms with E-state index in [2.05, 4.69) is 20.4 Å². The van der Waals surface area contributed by atoms with E-state index >= 15 is 0 Å². The van der Waals surface area contributed by atoms with Crippen molar-refractivity contribution < 1.29 is 19.1 Å². The van der Waals surface area contributed by atoms with E-state index in [9.17, 15) is 9.59 Å². The van der Waals surface area contributed by atoms with Crippen LogP contribution in [0.3, 0.4) is 0 Å². The molecule has 8 bridgehead atoms. The van der Waals surface area contributed by atoms with Crippen LogP contribution in [0.4, 0.5) is 0 Å². The Morgan fingerprint density at radius 2 is 1.15 bits per heavy atom. The monoisotopic (exact) mass is 454 g/mol. The molecule has 8 fully saturated rings. The van der Waals surface area contributed by atoms with Gasteiger partial charge in [-0.1, -0.05) is 20.4 Å². The van der Waals surface area contributed by atoms with Crippen LogP contribution in [0.5, 0.6) is 0 Å². The minimum absolute atomic E-state index is 0.0276. The average molecular weight is 455 g/mol. The fourth-order valence-electron chi connectivity index (χ4n) is 10.6. The highest BCUT2D eigenvalue weighted by atomic mass is 16.6. The van der Waals surface area contributed by atoms with E-state index in [0.717, 1.165) is 38.5 Å². The predicted octanol–water partition coefficient (Wildman–Crippen LogP) is 6.23. The van der Waals surface area contributed by atoms with Crippen LogP contribution < -0.4 is 0 Å². The van der Waals surface area contributed by atoms with Crippen molar-refractivity contribution in [3.05, 3.63) is 12.2 Å². The molecule has 0 saturated heterocycles.